The van der Waals surface area contributed by atoms with Gasteiger partial charge in [-0.3, -0.25) is 9.78 Å². The number of pyridine rings is 1. The summed E-state index contributed by atoms with van der Waals surface area (Å²) in [6.45, 7) is 4.52. The number of amides is 1. The summed E-state index contributed by atoms with van der Waals surface area (Å²) in [4.78, 5) is 16.6. The summed E-state index contributed by atoms with van der Waals surface area (Å²) in [5.41, 5.74) is 2.22. The number of rotatable bonds is 4. The van der Waals surface area contributed by atoms with E-state index in [9.17, 15) is 4.79 Å². The summed E-state index contributed by atoms with van der Waals surface area (Å²) in [5, 5.41) is 7.47. The first-order valence-electron chi connectivity index (χ1n) is 7.57. The molecule has 4 nitrogen and oxygen atoms in total. The lowest BCUT2D eigenvalue weighted by Gasteiger charge is -2.14. The molecule has 0 unspecified atom stereocenters. The lowest BCUT2D eigenvalue weighted by molar-refractivity contribution is -0.125. The van der Waals surface area contributed by atoms with E-state index in [4.69, 9.17) is 0 Å². The lowest BCUT2D eigenvalue weighted by atomic mass is 9.97. The van der Waals surface area contributed by atoms with Crippen LogP contribution in [0.15, 0.2) is 36.5 Å². The predicted molar refractivity (Wildman–Crippen MR) is 91.2 cm³/mol. The van der Waals surface area contributed by atoms with Gasteiger partial charge in [0.25, 0.3) is 0 Å². The van der Waals surface area contributed by atoms with Crippen LogP contribution in [0.5, 0.6) is 0 Å². The van der Waals surface area contributed by atoms with Crippen LogP contribution >= 0.6 is 12.4 Å². The fraction of sp³-hybridized carbons (Fsp3) is 0.412. The molecule has 0 saturated carbocycles. The predicted octanol–water partition coefficient (Wildman–Crippen LogP) is 2.17. The minimum Gasteiger partial charge on any atom is -0.355 e. The molecule has 1 aliphatic rings. The molecule has 0 aliphatic carbocycles. The Balaban J connectivity index is 0.00000176. The molecular weight excluding hydrogens is 298 g/mol. The third-order valence-electron chi connectivity index (χ3n) is 4.26. The molecule has 2 N–H and O–H groups in total. The van der Waals surface area contributed by atoms with Crippen molar-refractivity contribution in [3.8, 4) is 0 Å². The topological polar surface area (TPSA) is 54.0 Å². The first kappa shape index (κ1) is 16.7. The number of hydrogen-bond donors (Lipinski definition) is 2. The average Bonchev–Trinajstić information content (AvgIpc) is 2.93. The summed E-state index contributed by atoms with van der Waals surface area (Å²) in [6.07, 6.45) is 2.63. The van der Waals surface area contributed by atoms with Gasteiger partial charge in [-0.05, 0) is 30.5 Å². The van der Waals surface area contributed by atoms with Crippen LogP contribution < -0.4 is 10.6 Å². The van der Waals surface area contributed by atoms with Gasteiger partial charge in [0.2, 0.25) is 5.91 Å². The van der Waals surface area contributed by atoms with Crippen LogP contribution in [-0.2, 0) is 11.2 Å². The highest BCUT2D eigenvalue weighted by Gasteiger charge is 2.29. The molecule has 0 bridgehead atoms. The van der Waals surface area contributed by atoms with Crippen LogP contribution in [0.4, 0.5) is 0 Å². The molecule has 5 heteroatoms. The van der Waals surface area contributed by atoms with E-state index in [0.717, 1.165) is 30.4 Å². The highest BCUT2D eigenvalue weighted by molar-refractivity contribution is 5.85. The Hall–Kier alpha value is -1.65. The standard InChI is InChI=1S/C17H21N3O.ClH/c1-12-10-18-11-15(12)17(21)20-9-7-14-5-2-4-13-6-3-8-19-16(13)14;/h2-6,8,12,15,18H,7,9-11H2,1H3,(H,20,21);1H/t12-,15-;/m1./s1. The Labute approximate surface area is 137 Å². The highest BCUT2D eigenvalue weighted by Crippen LogP contribution is 2.17. The number of fused-ring (bicyclic) bond motifs is 1. The first-order valence-corrected chi connectivity index (χ1v) is 7.57. The van der Waals surface area contributed by atoms with Crippen molar-refractivity contribution in [1.82, 2.24) is 15.6 Å². The van der Waals surface area contributed by atoms with Gasteiger partial charge < -0.3 is 10.6 Å². The minimum absolute atomic E-state index is 0. The van der Waals surface area contributed by atoms with E-state index in [1.165, 1.54) is 5.56 Å². The molecule has 1 amide bonds. The van der Waals surface area contributed by atoms with Crippen molar-refractivity contribution in [2.75, 3.05) is 19.6 Å². The quantitative estimate of drug-likeness (QED) is 0.908. The second-order valence-corrected chi connectivity index (χ2v) is 5.78. The summed E-state index contributed by atoms with van der Waals surface area (Å²) < 4.78 is 0. The Bertz CT molecular complexity index is 641. The molecule has 0 radical (unpaired) electrons. The van der Waals surface area contributed by atoms with Crippen molar-refractivity contribution in [2.45, 2.75) is 13.3 Å². The van der Waals surface area contributed by atoms with Gasteiger partial charge in [-0.1, -0.05) is 31.2 Å². The van der Waals surface area contributed by atoms with Gasteiger partial charge in [0.1, 0.15) is 0 Å². The van der Waals surface area contributed by atoms with Gasteiger partial charge in [0.05, 0.1) is 11.4 Å². The number of para-hydroxylation sites is 1. The molecular formula is C17H22ClN3O. The number of carbonyl (C=O) groups excluding carboxylic acids is 1. The van der Waals surface area contributed by atoms with Crippen molar-refractivity contribution in [1.29, 1.82) is 0 Å². The van der Waals surface area contributed by atoms with Gasteiger partial charge in [-0.15, -0.1) is 12.4 Å². The third kappa shape index (κ3) is 3.57. The number of aromatic nitrogens is 1. The largest absolute Gasteiger partial charge is 0.355 e. The number of nitrogens with one attached hydrogen (secondary N) is 2. The monoisotopic (exact) mass is 319 g/mol. The SMILES string of the molecule is C[C@@H]1CNC[C@H]1C(=O)NCCc1cccc2cccnc12.Cl. The molecule has 1 saturated heterocycles. The van der Waals surface area contributed by atoms with Gasteiger partial charge in [-0.2, -0.15) is 0 Å². The molecule has 2 aromatic rings. The van der Waals surface area contributed by atoms with Crippen molar-refractivity contribution in [3.63, 3.8) is 0 Å². The highest BCUT2D eigenvalue weighted by atomic mass is 35.5. The van der Waals surface area contributed by atoms with E-state index in [-0.39, 0.29) is 24.2 Å². The normalized spacial score (nSPS) is 20.6. The second-order valence-electron chi connectivity index (χ2n) is 5.78. The van der Waals surface area contributed by atoms with Crippen LogP contribution in [0.2, 0.25) is 0 Å². The zero-order valence-corrected chi connectivity index (χ0v) is 13.5. The minimum atomic E-state index is 0. The molecule has 3 rings (SSSR count). The second kappa shape index (κ2) is 7.56. The zero-order valence-electron chi connectivity index (χ0n) is 12.7. The maximum absolute atomic E-state index is 12.1. The smallest absolute Gasteiger partial charge is 0.224 e. The van der Waals surface area contributed by atoms with Crippen molar-refractivity contribution >= 4 is 29.2 Å². The van der Waals surface area contributed by atoms with E-state index in [0.29, 0.717) is 12.5 Å². The first-order chi connectivity index (χ1) is 10.3. The van der Waals surface area contributed by atoms with Crippen molar-refractivity contribution in [3.05, 3.63) is 42.1 Å². The van der Waals surface area contributed by atoms with Crippen LogP contribution in [0, 0.1) is 11.8 Å². The van der Waals surface area contributed by atoms with Crippen LogP contribution in [0.1, 0.15) is 12.5 Å². The summed E-state index contributed by atoms with van der Waals surface area (Å²) >= 11 is 0. The fourth-order valence-corrected chi connectivity index (χ4v) is 2.98. The molecule has 1 aliphatic heterocycles. The number of carbonyl (C=O) groups is 1. The Morgan fingerprint density at radius 1 is 1.32 bits per heavy atom. The molecule has 22 heavy (non-hydrogen) atoms. The molecule has 118 valence electrons. The molecule has 0 spiro atoms. The van der Waals surface area contributed by atoms with E-state index in [1.54, 1.807) is 0 Å². The summed E-state index contributed by atoms with van der Waals surface area (Å²) in [7, 11) is 0. The third-order valence-corrected chi connectivity index (χ3v) is 4.26. The van der Waals surface area contributed by atoms with E-state index < -0.39 is 0 Å². The summed E-state index contributed by atoms with van der Waals surface area (Å²) in [6, 6.07) is 10.2. The molecule has 2 atom stereocenters. The molecule has 1 fully saturated rings. The number of halogens is 1. The Morgan fingerprint density at radius 3 is 2.91 bits per heavy atom. The maximum Gasteiger partial charge on any atom is 0.224 e. The van der Waals surface area contributed by atoms with E-state index in [1.807, 2.05) is 18.3 Å². The van der Waals surface area contributed by atoms with Gasteiger partial charge in [0, 0.05) is 24.7 Å². The van der Waals surface area contributed by atoms with E-state index >= 15 is 0 Å². The van der Waals surface area contributed by atoms with E-state index in [2.05, 4.69) is 40.7 Å². The number of nitrogens with zero attached hydrogens (tertiary/aromatic N) is 1. The van der Waals surface area contributed by atoms with Gasteiger partial charge in [0.15, 0.2) is 0 Å². The van der Waals surface area contributed by atoms with Gasteiger partial charge in [-0.25, -0.2) is 0 Å². The fourth-order valence-electron chi connectivity index (χ4n) is 2.98. The molecule has 1 aromatic carbocycles. The zero-order chi connectivity index (χ0) is 14.7. The van der Waals surface area contributed by atoms with Crippen LogP contribution in [0.3, 0.4) is 0 Å². The van der Waals surface area contributed by atoms with Crippen LogP contribution in [0.25, 0.3) is 10.9 Å². The van der Waals surface area contributed by atoms with Crippen molar-refractivity contribution in [2.24, 2.45) is 11.8 Å². The average molecular weight is 320 g/mol. The van der Waals surface area contributed by atoms with Crippen molar-refractivity contribution < 1.29 is 4.79 Å². The summed E-state index contributed by atoms with van der Waals surface area (Å²) in [5.74, 6) is 0.695. The Kier molecular flexibility index (Phi) is 5.75. The number of benzene rings is 1. The van der Waals surface area contributed by atoms with Gasteiger partial charge >= 0.3 is 0 Å². The lowest BCUT2D eigenvalue weighted by Crippen LogP contribution is -2.35. The molecule has 2 heterocycles. The number of hydrogen-bond acceptors (Lipinski definition) is 3. The molecule has 1 aromatic heterocycles. The van der Waals surface area contributed by atoms with Crippen LogP contribution in [-0.4, -0.2) is 30.5 Å². The Morgan fingerprint density at radius 2 is 2.14 bits per heavy atom. The maximum atomic E-state index is 12.1.